The third-order valence-electron chi connectivity index (χ3n) is 3.09. The molecule has 2 heteroatoms. The molecular weight excluding hydrogens is 237 g/mol. The second-order valence-corrected chi connectivity index (χ2v) is 4.89. The van der Waals surface area contributed by atoms with Crippen LogP contribution in [0.1, 0.15) is 24.5 Å². The summed E-state index contributed by atoms with van der Waals surface area (Å²) in [6.07, 6.45) is 1.14. The number of benzene rings is 2. The van der Waals surface area contributed by atoms with Gasteiger partial charge in [0.1, 0.15) is 5.82 Å². The van der Waals surface area contributed by atoms with Gasteiger partial charge in [-0.05, 0) is 54.3 Å². The monoisotopic (exact) mass is 257 g/mol. The number of halogens is 1. The van der Waals surface area contributed by atoms with Gasteiger partial charge in [-0.25, -0.2) is 4.39 Å². The number of hydrogen-bond donors (Lipinski definition) is 1. The molecule has 0 atom stereocenters. The standard InChI is InChI=1S/C17H20FN/c1-3-8-19-12-14-4-6-15(7-5-14)16-9-13(2)10-17(18)11-16/h4-7,9-11,19H,3,8,12H2,1-2H3. The molecular formula is C17H20FN. The molecule has 0 saturated carbocycles. The minimum absolute atomic E-state index is 0.177. The Bertz CT molecular complexity index is 511. The van der Waals surface area contributed by atoms with Crippen molar-refractivity contribution < 1.29 is 4.39 Å². The maximum atomic E-state index is 13.4. The number of nitrogens with one attached hydrogen (secondary N) is 1. The first kappa shape index (κ1) is 13.8. The van der Waals surface area contributed by atoms with E-state index in [0.717, 1.165) is 36.2 Å². The van der Waals surface area contributed by atoms with Crippen LogP contribution in [0.25, 0.3) is 11.1 Å². The van der Waals surface area contributed by atoms with E-state index in [1.807, 2.05) is 13.0 Å². The van der Waals surface area contributed by atoms with Crippen molar-refractivity contribution in [3.05, 3.63) is 59.4 Å². The SMILES string of the molecule is CCCNCc1ccc(-c2cc(C)cc(F)c2)cc1. The summed E-state index contributed by atoms with van der Waals surface area (Å²) >= 11 is 0. The van der Waals surface area contributed by atoms with Crippen LogP contribution in [0, 0.1) is 12.7 Å². The van der Waals surface area contributed by atoms with Gasteiger partial charge in [0, 0.05) is 6.54 Å². The van der Waals surface area contributed by atoms with Crippen molar-refractivity contribution in [3.8, 4) is 11.1 Å². The van der Waals surface area contributed by atoms with Gasteiger partial charge in [0.2, 0.25) is 0 Å². The molecule has 0 fully saturated rings. The van der Waals surface area contributed by atoms with E-state index in [0.29, 0.717) is 0 Å². The molecule has 2 aromatic carbocycles. The Kier molecular flexibility index (Phi) is 4.69. The Hall–Kier alpha value is -1.67. The van der Waals surface area contributed by atoms with E-state index in [9.17, 15) is 4.39 Å². The summed E-state index contributed by atoms with van der Waals surface area (Å²) in [5.41, 5.74) is 4.20. The molecule has 0 radical (unpaired) electrons. The van der Waals surface area contributed by atoms with Crippen LogP contribution in [0.4, 0.5) is 4.39 Å². The minimum Gasteiger partial charge on any atom is -0.313 e. The minimum atomic E-state index is -0.177. The molecule has 19 heavy (non-hydrogen) atoms. The zero-order valence-corrected chi connectivity index (χ0v) is 11.5. The van der Waals surface area contributed by atoms with Crippen molar-refractivity contribution in [2.24, 2.45) is 0 Å². The average Bonchev–Trinajstić information content (AvgIpc) is 2.39. The highest BCUT2D eigenvalue weighted by molar-refractivity contribution is 5.64. The van der Waals surface area contributed by atoms with E-state index in [1.165, 1.54) is 5.56 Å². The summed E-state index contributed by atoms with van der Waals surface area (Å²) in [7, 11) is 0. The zero-order chi connectivity index (χ0) is 13.7. The smallest absolute Gasteiger partial charge is 0.124 e. The van der Waals surface area contributed by atoms with E-state index in [-0.39, 0.29) is 5.82 Å². The molecule has 0 bridgehead atoms. The fraction of sp³-hybridized carbons (Fsp3) is 0.294. The van der Waals surface area contributed by atoms with Crippen molar-refractivity contribution in [3.63, 3.8) is 0 Å². The van der Waals surface area contributed by atoms with Gasteiger partial charge in [-0.3, -0.25) is 0 Å². The molecule has 0 aliphatic carbocycles. The number of rotatable bonds is 5. The molecule has 0 aromatic heterocycles. The lowest BCUT2D eigenvalue weighted by atomic mass is 10.0. The first-order valence-electron chi connectivity index (χ1n) is 6.76. The highest BCUT2D eigenvalue weighted by atomic mass is 19.1. The lowest BCUT2D eigenvalue weighted by Gasteiger charge is -2.07. The quantitative estimate of drug-likeness (QED) is 0.787. The van der Waals surface area contributed by atoms with Gasteiger partial charge in [-0.2, -0.15) is 0 Å². The molecule has 0 spiro atoms. The predicted octanol–water partition coefficient (Wildman–Crippen LogP) is 4.30. The second-order valence-electron chi connectivity index (χ2n) is 4.89. The van der Waals surface area contributed by atoms with Crippen LogP contribution in [-0.4, -0.2) is 6.54 Å². The van der Waals surface area contributed by atoms with E-state index in [4.69, 9.17) is 0 Å². The molecule has 0 aliphatic rings. The van der Waals surface area contributed by atoms with Crippen LogP contribution in [-0.2, 0) is 6.54 Å². The lowest BCUT2D eigenvalue weighted by Crippen LogP contribution is -2.13. The van der Waals surface area contributed by atoms with Gasteiger partial charge < -0.3 is 5.32 Å². The van der Waals surface area contributed by atoms with Gasteiger partial charge in [0.15, 0.2) is 0 Å². The largest absolute Gasteiger partial charge is 0.313 e. The molecule has 100 valence electrons. The Morgan fingerprint density at radius 1 is 1.00 bits per heavy atom. The summed E-state index contributed by atoms with van der Waals surface area (Å²) in [4.78, 5) is 0. The van der Waals surface area contributed by atoms with E-state index in [1.54, 1.807) is 12.1 Å². The molecule has 0 aliphatic heterocycles. The van der Waals surface area contributed by atoms with Crippen molar-refractivity contribution >= 4 is 0 Å². The van der Waals surface area contributed by atoms with Crippen LogP contribution in [0.15, 0.2) is 42.5 Å². The van der Waals surface area contributed by atoms with Gasteiger partial charge in [-0.1, -0.05) is 37.3 Å². The summed E-state index contributed by atoms with van der Waals surface area (Å²) in [5.74, 6) is -0.177. The highest BCUT2D eigenvalue weighted by Crippen LogP contribution is 2.22. The lowest BCUT2D eigenvalue weighted by molar-refractivity contribution is 0.627. The van der Waals surface area contributed by atoms with Crippen LogP contribution in [0.3, 0.4) is 0 Å². The first-order valence-corrected chi connectivity index (χ1v) is 6.76. The normalized spacial score (nSPS) is 10.7. The van der Waals surface area contributed by atoms with Crippen LogP contribution in [0.2, 0.25) is 0 Å². The number of aryl methyl sites for hydroxylation is 1. The fourth-order valence-electron chi connectivity index (χ4n) is 2.13. The summed E-state index contributed by atoms with van der Waals surface area (Å²) < 4.78 is 13.4. The van der Waals surface area contributed by atoms with Gasteiger partial charge in [0.25, 0.3) is 0 Å². The summed E-state index contributed by atoms with van der Waals surface area (Å²) in [6.45, 7) is 5.99. The topological polar surface area (TPSA) is 12.0 Å². The average molecular weight is 257 g/mol. The molecule has 0 heterocycles. The van der Waals surface area contributed by atoms with Gasteiger partial charge in [0.05, 0.1) is 0 Å². The number of hydrogen-bond acceptors (Lipinski definition) is 1. The molecule has 1 nitrogen and oxygen atoms in total. The highest BCUT2D eigenvalue weighted by Gasteiger charge is 2.01. The Balaban J connectivity index is 2.13. The third-order valence-corrected chi connectivity index (χ3v) is 3.09. The van der Waals surface area contributed by atoms with Crippen molar-refractivity contribution in [2.75, 3.05) is 6.54 Å². The first-order chi connectivity index (χ1) is 9.19. The van der Waals surface area contributed by atoms with Crippen molar-refractivity contribution in [1.29, 1.82) is 0 Å². The Labute approximate surface area is 114 Å². The molecule has 0 amide bonds. The summed E-state index contributed by atoms with van der Waals surface area (Å²) in [6, 6.07) is 13.4. The van der Waals surface area contributed by atoms with Crippen LogP contribution >= 0.6 is 0 Å². The molecule has 0 unspecified atom stereocenters. The maximum absolute atomic E-state index is 13.4. The van der Waals surface area contributed by atoms with Crippen molar-refractivity contribution in [2.45, 2.75) is 26.8 Å². The zero-order valence-electron chi connectivity index (χ0n) is 11.5. The van der Waals surface area contributed by atoms with Crippen LogP contribution < -0.4 is 5.32 Å². The third kappa shape index (κ3) is 3.90. The summed E-state index contributed by atoms with van der Waals surface area (Å²) in [5, 5.41) is 3.37. The van der Waals surface area contributed by atoms with E-state index < -0.39 is 0 Å². The predicted molar refractivity (Wildman–Crippen MR) is 78.6 cm³/mol. The maximum Gasteiger partial charge on any atom is 0.124 e. The Morgan fingerprint density at radius 2 is 1.74 bits per heavy atom. The fourth-order valence-corrected chi connectivity index (χ4v) is 2.13. The Morgan fingerprint density at radius 3 is 2.37 bits per heavy atom. The second kappa shape index (κ2) is 6.48. The molecule has 2 rings (SSSR count). The van der Waals surface area contributed by atoms with Crippen LogP contribution in [0.5, 0.6) is 0 Å². The van der Waals surface area contributed by atoms with Gasteiger partial charge >= 0.3 is 0 Å². The van der Waals surface area contributed by atoms with E-state index in [2.05, 4.69) is 36.5 Å². The molecule has 1 N–H and O–H groups in total. The van der Waals surface area contributed by atoms with E-state index >= 15 is 0 Å². The molecule has 0 saturated heterocycles. The molecule has 2 aromatic rings. The van der Waals surface area contributed by atoms with Gasteiger partial charge in [-0.15, -0.1) is 0 Å². The van der Waals surface area contributed by atoms with Crippen molar-refractivity contribution in [1.82, 2.24) is 5.32 Å².